The molecule has 0 unspecified atom stereocenters. The molecule has 0 spiro atoms. The number of nitrogens with one attached hydrogen (secondary N) is 1. The van der Waals surface area contributed by atoms with Gasteiger partial charge in [-0.15, -0.1) is 0 Å². The fourth-order valence-corrected chi connectivity index (χ4v) is 5.04. The normalized spacial score (nSPS) is 14.3. The summed E-state index contributed by atoms with van der Waals surface area (Å²) in [6.45, 7) is 0.0419. The maximum absolute atomic E-state index is 13.9. The Morgan fingerprint density at radius 1 is 1.00 bits per heavy atom. The van der Waals surface area contributed by atoms with E-state index in [1.807, 2.05) is 18.2 Å². The lowest BCUT2D eigenvalue weighted by Gasteiger charge is -2.33. The number of ether oxygens (including phenoxy) is 2. The predicted molar refractivity (Wildman–Crippen MR) is 154 cm³/mol. The number of carbonyl (C=O) groups excluding carboxylic acids is 3. The third-order valence-electron chi connectivity index (χ3n) is 7.20. The number of amides is 2. The van der Waals surface area contributed by atoms with Gasteiger partial charge in [0.15, 0.2) is 5.78 Å². The molecule has 1 fully saturated rings. The van der Waals surface area contributed by atoms with E-state index in [1.165, 1.54) is 24.1 Å². The number of carbonyl (C=O) groups is 3. The van der Waals surface area contributed by atoms with Crippen molar-refractivity contribution in [2.45, 2.75) is 50.7 Å². The zero-order chi connectivity index (χ0) is 29.2. The maximum atomic E-state index is 13.9. The Morgan fingerprint density at radius 3 is 2.41 bits per heavy atom. The molecule has 4 rings (SSSR count). The number of benzene rings is 2. The van der Waals surface area contributed by atoms with Crippen molar-refractivity contribution in [3.8, 4) is 17.2 Å². The Balaban J connectivity index is 1.69. The summed E-state index contributed by atoms with van der Waals surface area (Å²) >= 11 is 0. The molecule has 2 aromatic carbocycles. The molecule has 1 saturated carbocycles. The molecule has 3 aromatic rings. The van der Waals surface area contributed by atoms with Gasteiger partial charge in [0.1, 0.15) is 23.3 Å². The van der Waals surface area contributed by atoms with Crippen LogP contribution in [0.2, 0.25) is 0 Å². The zero-order valence-electron chi connectivity index (χ0n) is 23.3. The number of pyridine rings is 1. The molecule has 0 saturated heterocycles. The fraction of sp³-hybridized carbons (Fsp3) is 0.312. The van der Waals surface area contributed by atoms with Gasteiger partial charge >= 0.3 is 0 Å². The Hall–Kier alpha value is -4.66. The van der Waals surface area contributed by atoms with Gasteiger partial charge in [0.25, 0.3) is 0 Å². The monoisotopic (exact) mass is 557 g/mol. The van der Waals surface area contributed by atoms with Crippen LogP contribution in [0.15, 0.2) is 79.1 Å². The topological polar surface area (TPSA) is 118 Å². The van der Waals surface area contributed by atoms with Gasteiger partial charge in [-0.05, 0) is 54.8 Å². The Morgan fingerprint density at radius 2 is 1.73 bits per heavy atom. The molecule has 214 valence electrons. The lowest BCUT2D eigenvalue weighted by molar-refractivity contribution is -0.138. The number of phenols is 1. The highest BCUT2D eigenvalue weighted by Gasteiger charge is 2.33. The number of aromatic hydroxyl groups is 1. The summed E-state index contributed by atoms with van der Waals surface area (Å²) in [5.74, 6) is -0.737. The van der Waals surface area contributed by atoms with E-state index in [0.29, 0.717) is 22.6 Å². The number of allylic oxidation sites excluding steroid dienone is 1. The molecule has 1 aliphatic carbocycles. The number of aromatic nitrogens is 1. The summed E-state index contributed by atoms with van der Waals surface area (Å²) in [4.78, 5) is 46.1. The van der Waals surface area contributed by atoms with E-state index >= 15 is 0 Å². The summed E-state index contributed by atoms with van der Waals surface area (Å²) in [5, 5.41) is 13.4. The largest absolute Gasteiger partial charge is 0.507 e. The van der Waals surface area contributed by atoms with E-state index in [-0.39, 0.29) is 29.8 Å². The number of para-hydroxylation sites is 1. The summed E-state index contributed by atoms with van der Waals surface area (Å²) in [5.41, 5.74) is 1.30. The fourth-order valence-electron chi connectivity index (χ4n) is 5.04. The first-order chi connectivity index (χ1) is 19.9. The van der Waals surface area contributed by atoms with E-state index in [0.717, 1.165) is 44.3 Å². The van der Waals surface area contributed by atoms with Gasteiger partial charge in [-0.3, -0.25) is 19.4 Å². The number of rotatable bonds is 11. The number of ketones is 1. The molecule has 0 radical (unpaired) electrons. The number of hydrogen-bond acceptors (Lipinski definition) is 7. The SMILES string of the molecule is COc1ccc(C(=O)/C=C/C(=O)N(Cc2ccccc2OC)[C@H](C(=O)NC2CCCCC2)c2ccncc2)c(O)c1. The number of phenolic OH excluding ortho intramolecular Hbond substituents is 1. The van der Waals surface area contributed by atoms with Crippen molar-refractivity contribution >= 4 is 17.6 Å². The lowest BCUT2D eigenvalue weighted by atomic mass is 9.94. The standard InChI is InChI=1S/C32H35N3O6/c1-40-25-12-13-26(28(37)20-25)27(36)14-15-30(38)35(21-23-8-6-7-11-29(23)41-2)31(22-16-18-33-19-17-22)32(39)34-24-9-4-3-5-10-24/h6-8,11-20,24,31,37H,3-5,9-10,21H2,1-2H3,(H,34,39)/b15-14+/t31-/m0/s1. The van der Waals surface area contributed by atoms with Crippen molar-refractivity contribution in [3.05, 3.63) is 95.8 Å². The molecule has 2 amide bonds. The van der Waals surface area contributed by atoms with Crippen molar-refractivity contribution in [1.29, 1.82) is 0 Å². The lowest BCUT2D eigenvalue weighted by Crippen LogP contribution is -2.46. The molecule has 1 atom stereocenters. The summed E-state index contributed by atoms with van der Waals surface area (Å²) < 4.78 is 10.6. The van der Waals surface area contributed by atoms with Crippen LogP contribution in [0.1, 0.15) is 59.6 Å². The molecule has 2 N–H and O–H groups in total. The second-order valence-corrected chi connectivity index (χ2v) is 9.89. The zero-order valence-corrected chi connectivity index (χ0v) is 23.3. The van der Waals surface area contributed by atoms with Crippen LogP contribution < -0.4 is 14.8 Å². The quantitative estimate of drug-likeness (QED) is 0.258. The molecule has 9 heteroatoms. The maximum Gasteiger partial charge on any atom is 0.247 e. The Labute approximate surface area is 239 Å². The molecule has 1 aliphatic rings. The van der Waals surface area contributed by atoms with E-state index in [4.69, 9.17) is 9.47 Å². The van der Waals surface area contributed by atoms with Crippen LogP contribution in [0.3, 0.4) is 0 Å². The number of methoxy groups -OCH3 is 2. The van der Waals surface area contributed by atoms with Crippen LogP contribution in [-0.2, 0) is 16.1 Å². The summed E-state index contributed by atoms with van der Waals surface area (Å²) in [6, 6.07) is 14.0. The smallest absolute Gasteiger partial charge is 0.247 e. The van der Waals surface area contributed by atoms with Crippen LogP contribution >= 0.6 is 0 Å². The van der Waals surface area contributed by atoms with Crippen LogP contribution in [0, 0.1) is 0 Å². The van der Waals surface area contributed by atoms with E-state index in [2.05, 4.69) is 10.3 Å². The first-order valence-electron chi connectivity index (χ1n) is 13.6. The second-order valence-electron chi connectivity index (χ2n) is 9.89. The van der Waals surface area contributed by atoms with E-state index in [9.17, 15) is 19.5 Å². The van der Waals surface area contributed by atoms with Crippen LogP contribution in [0.25, 0.3) is 0 Å². The van der Waals surface area contributed by atoms with Crippen molar-refractivity contribution in [2.24, 2.45) is 0 Å². The first-order valence-corrected chi connectivity index (χ1v) is 13.6. The molecule has 41 heavy (non-hydrogen) atoms. The average molecular weight is 558 g/mol. The van der Waals surface area contributed by atoms with Gasteiger partial charge in [0.2, 0.25) is 11.8 Å². The molecule has 1 aromatic heterocycles. The molecule has 1 heterocycles. The van der Waals surface area contributed by atoms with Gasteiger partial charge in [-0.25, -0.2) is 0 Å². The van der Waals surface area contributed by atoms with Crippen molar-refractivity contribution in [3.63, 3.8) is 0 Å². The molecule has 0 bridgehead atoms. The van der Waals surface area contributed by atoms with Gasteiger partial charge in [0.05, 0.1) is 26.3 Å². The molecular formula is C32H35N3O6. The van der Waals surface area contributed by atoms with Crippen molar-refractivity contribution in [2.75, 3.05) is 14.2 Å². The number of hydrogen-bond donors (Lipinski definition) is 2. The van der Waals surface area contributed by atoms with E-state index in [1.54, 1.807) is 43.8 Å². The molecule has 9 nitrogen and oxygen atoms in total. The van der Waals surface area contributed by atoms with Gasteiger partial charge in [-0.1, -0.05) is 37.5 Å². The van der Waals surface area contributed by atoms with Crippen molar-refractivity contribution < 1.29 is 29.0 Å². The van der Waals surface area contributed by atoms with Gasteiger partial charge in [0, 0.05) is 36.1 Å². The average Bonchev–Trinajstić information content (AvgIpc) is 3.00. The number of nitrogens with zero attached hydrogens (tertiary/aromatic N) is 2. The van der Waals surface area contributed by atoms with Crippen molar-refractivity contribution in [1.82, 2.24) is 15.2 Å². The second kappa shape index (κ2) is 14.1. The highest BCUT2D eigenvalue weighted by Crippen LogP contribution is 2.29. The third-order valence-corrected chi connectivity index (χ3v) is 7.20. The van der Waals surface area contributed by atoms with Gasteiger partial charge in [-0.2, -0.15) is 0 Å². The molecule has 0 aliphatic heterocycles. The Bertz CT molecular complexity index is 1390. The van der Waals surface area contributed by atoms with Gasteiger partial charge < -0.3 is 24.8 Å². The van der Waals surface area contributed by atoms with Crippen LogP contribution in [0.4, 0.5) is 0 Å². The predicted octanol–water partition coefficient (Wildman–Crippen LogP) is 4.76. The highest BCUT2D eigenvalue weighted by atomic mass is 16.5. The summed E-state index contributed by atoms with van der Waals surface area (Å²) in [6.07, 6.45) is 10.4. The summed E-state index contributed by atoms with van der Waals surface area (Å²) in [7, 11) is 3.00. The highest BCUT2D eigenvalue weighted by molar-refractivity contribution is 6.09. The van der Waals surface area contributed by atoms with Crippen LogP contribution in [0.5, 0.6) is 17.2 Å². The third kappa shape index (κ3) is 7.51. The molecular weight excluding hydrogens is 522 g/mol. The minimum Gasteiger partial charge on any atom is -0.507 e. The van der Waals surface area contributed by atoms with E-state index < -0.39 is 17.7 Å². The Kier molecular flexibility index (Phi) is 10.1. The first kappa shape index (κ1) is 29.3. The van der Waals surface area contributed by atoms with Crippen LogP contribution in [-0.4, -0.2) is 52.8 Å². The minimum atomic E-state index is -0.994. The minimum absolute atomic E-state index is 0.0202.